The van der Waals surface area contributed by atoms with Gasteiger partial charge in [-0.3, -0.25) is 0 Å². The van der Waals surface area contributed by atoms with Crippen LogP contribution in [0.25, 0.3) is 0 Å². The lowest BCUT2D eigenvalue weighted by Crippen LogP contribution is -1.98. The van der Waals surface area contributed by atoms with Crippen molar-refractivity contribution in [2.75, 3.05) is 12.0 Å². The number of rotatable bonds is 1. The number of anilines is 1. The molecule has 1 atom stereocenters. The average Bonchev–Trinajstić information content (AvgIpc) is 2.05. The Morgan fingerprint density at radius 1 is 1.75 bits per heavy atom. The first-order valence-electron chi connectivity index (χ1n) is 3.13. The van der Waals surface area contributed by atoms with Gasteiger partial charge in [-0.2, -0.15) is 5.26 Å². The first kappa shape index (κ1) is 8.68. The molecule has 0 radical (unpaired) electrons. The van der Waals surface area contributed by atoms with Crippen molar-refractivity contribution >= 4 is 22.2 Å². The second kappa shape index (κ2) is 3.32. The largest absolute Gasteiger partial charge is 0.381 e. The molecule has 0 amide bonds. The summed E-state index contributed by atoms with van der Waals surface area (Å²) in [6.45, 7) is 0. The van der Waals surface area contributed by atoms with Gasteiger partial charge >= 0.3 is 0 Å². The summed E-state index contributed by atoms with van der Waals surface area (Å²) >= 11 is 0. The maximum absolute atomic E-state index is 8.57. The molecule has 1 unspecified atom stereocenters. The third-order valence-electron chi connectivity index (χ3n) is 1.24. The van der Waals surface area contributed by atoms with Gasteiger partial charge < -0.3 is 5.73 Å². The Labute approximate surface area is 73.0 Å². The summed E-state index contributed by atoms with van der Waals surface area (Å²) in [5, 5.41) is 9.28. The highest BCUT2D eigenvalue weighted by Gasteiger charge is 2.02. The summed E-state index contributed by atoms with van der Waals surface area (Å²) in [6.07, 6.45) is 3.45. The van der Waals surface area contributed by atoms with Crippen molar-refractivity contribution in [3.05, 3.63) is 11.9 Å². The van der Waals surface area contributed by atoms with Gasteiger partial charge in [0.1, 0.15) is 11.1 Å². The molecule has 0 saturated carbocycles. The third kappa shape index (κ3) is 1.60. The van der Waals surface area contributed by atoms with E-state index in [0.29, 0.717) is 5.03 Å². The SMILES string of the molecule is C=S(C)c1cnc(N)c(C#N)n1. The number of hydrogen-bond donors (Lipinski definition) is 1. The van der Waals surface area contributed by atoms with Gasteiger partial charge in [-0.25, -0.2) is 9.97 Å². The zero-order valence-corrected chi connectivity index (χ0v) is 7.43. The minimum absolute atomic E-state index is 0.173. The van der Waals surface area contributed by atoms with Crippen LogP contribution in [0.4, 0.5) is 5.82 Å². The van der Waals surface area contributed by atoms with Gasteiger partial charge in [-0.15, -0.1) is 10.5 Å². The third-order valence-corrected chi connectivity index (χ3v) is 2.15. The number of hydrogen-bond acceptors (Lipinski definition) is 4. The second-order valence-corrected chi connectivity index (χ2v) is 3.88. The van der Waals surface area contributed by atoms with Crippen LogP contribution in [-0.4, -0.2) is 22.1 Å². The van der Waals surface area contributed by atoms with E-state index in [9.17, 15) is 0 Å². The van der Waals surface area contributed by atoms with Crippen LogP contribution in [0.15, 0.2) is 11.2 Å². The molecule has 62 valence electrons. The summed E-state index contributed by atoms with van der Waals surface area (Å²) < 4.78 is 0. The highest BCUT2D eigenvalue weighted by molar-refractivity contribution is 8.13. The quantitative estimate of drug-likeness (QED) is 0.643. The highest BCUT2D eigenvalue weighted by Crippen LogP contribution is 2.18. The van der Waals surface area contributed by atoms with E-state index in [1.165, 1.54) is 0 Å². The Balaban J connectivity index is 3.25. The molecule has 0 aliphatic heterocycles. The monoisotopic (exact) mass is 180 g/mol. The Bertz CT molecular complexity index is 366. The molecule has 0 saturated heterocycles. The number of nitrogen functional groups attached to an aromatic ring is 1. The molecule has 12 heavy (non-hydrogen) atoms. The Morgan fingerprint density at radius 2 is 2.42 bits per heavy atom. The van der Waals surface area contributed by atoms with E-state index in [1.54, 1.807) is 6.20 Å². The van der Waals surface area contributed by atoms with Crippen LogP contribution in [0.3, 0.4) is 0 Å². The van der Waals surface area contributed by atoms with Crippen molar-refractivity contribution in [1.82, 2.24) is 9.97 Å². The van der Waals surface area contributed by atoms with E-state index < -0.39 is 0 Å². The molecular weight excluding hydrogens is 172 g/mol. The lowest BCUT2D eigenvalue weighted by molar-refractivity contribution is 1.04. The van der Waals surface area contributed by atoms with Gasteiger partial charge in [-0.1, -0.05) is 5.87 Å². The predicted molar refractivity (Wildman–Crippen MR) is 50.1 cm³/mol. The molecule has 0 aromatic carbocycles. The minimum atomic E-state index is -0.229. The smallest absolute Gasteiger partial charge is 0.183 e. The molecule has 1 rings (SSSR count). The summed E-state index contributed by atoms with van der Waals surface area (Å²) in [4.78, 5) is 7.82. The maximum Gasteiger partial charge on any atom is 0.183 e. The molecule has 0 aliphatic carbocycles. The lowest BCUT2D eigenvalue weighted by atomic mass is 10.4. The first-order chi connectivity index (χ1) is 5.65. The molecule has 1 aromatic rings. The van der Waals surface area contributed by atoms with Crippen molar-refractivity contribution in [3.8, 4) is 6.07 Å². The Kier molecular flexibility index (Phi) is 2.41. The van der Waals surface area contributed by atoms with Crippen LogP contribution in [0.1, 0.15) is 5.69 Å². The molecule has 4 nitrogen and oxygen atoms in total. The molecule has 1 aromatic heterocycles. The van der Waals surface area contributed by atoms with E-state index in [-0.39, 0.29) is 22.0 Å². The van der Waals surface area contributed by atoms with Gasteiger partial charge in [-0.05, 0) is 6.26 Å². The van der Waals surface area contributed by atoms with Gasteiger partial charge in [0.25, 0.3) is 0 Å². The van der Waals surface area contributed by atoms with Crippen LogP contribution < -0.4 is 5.73 Å². The zero-order chi connectivity index (χ0) is 9.14. The van der Waals surface area contributed by atoms with Crippen LogP contribution in [0.2, 0.25) is 0 Å². The summed E-state index contributed by atoms with van der Waals surface area (Å²) in [7, 11) is -0.229. The fourth-order valence-electron chi connectivity index (χ4n) is 0.632. The zero-order valence-electron chi connectivity index (χ0n) is 6.61. The maximum atomic E-state index is 8.57. The topological polar surface area (TPSA) is 75.6 Å². The van der Waals surface area contributed by atoms with E-state index >= 15 is 0 Å². The summed E-state index contributed by atoms with van der Waals surface area (Å²) in [5.74, 6) is 3.96. The van der Waals surface area contributed by atoms with Crippen LogP contribution in [0, 0.1) is 11.3 Å². The number of nitriles is 1. The standard InChI is InChI=1S/C7H8N4S/c1-12(2)6-4-10-7(9)5(3-8)11-6/h4H,1H2,2H3,(H2,9,10). The van der Waals surface area contributed by atoms with Gasteiger partial charge in [0, 0.05) is 0 Å². The molecule has 0 aliphatic rings. The lowest BCUT2D eigenvalue weighted by Gasteiger charge is -2.00. The van der Waals surface area contributed by atoms with E-state index in [4.69, 9.17) is 11.0 Å². The van der Waals surface area contributed by atoms with Crippen molar-refractivity contribution in [2.45, 2.75) is 5.03 Å². The first-order valence-corrected chi connectivity index (χ1v) is 4.93. The van der Waals surface area contributed by atoms with Crippen molar-refractivity contribution < 1.29 is 0 Å². The number of aromatic nitrogens is 2. The van der Waals surface area contributed by atoms with Crippen LogP contribution in [-0.2, 0) is 0 Å². The van der Waals surface area contributed by atoms with E-state index in [0.717, 1.165) is 0 Å². The van der Waals surface area contributed by atoms with E-state index in [1.807, 2.05) is 12.3 Å². The highest BCUT2D eigenvalue weighted by atomic mass is 32.2. The van der Waals surface area contributed by atoms with Gasteiger partial charge in [0.15, 0.2) is 11.5 Å². The van der Waals surface area contributed by atoms with E-state index in [2.05, 4.69) is 15.8 Å². The molecule has 0 spiro atoms. The van der Waals surface area contributed by atoms with Crippen LogP contribution >= 0.6 is 10.5 Å². The van der Waals surface area contributed by atoms with Gasteiger partial charge in [0.05, 0.1) is 6.20 Å². The van der Waals surface area contributed by atoms with Crippen molar-refractivity contribution in [1.29, 1.82) is 5.26 Å². The van der Waals surface area contributed by atoms with Crippen molar-refractivity contribution in [3.63, 3.8) is 0 Å². The normalized spacial score (nSPS) is 12.0. The van der Waals surface area contributed by atoms with Crippen molar-refractivity contribution in [2.24, 2.45) is 0 Å². The fourth-order valence-corrected chi connectivity index (χ4v) is 1.11. The molecular formula is C7H8N4S. The number of nitrogens with zero attached hydrogens (tertiary/aromatic N) is 3. The Morgan fingerprint density at radius 3 is 2.92 bits per heavy atom. The molecule has 0 fully saturated rings. The average molecular weight is 180 g/mol. The van der Waals surface area contributed by atoms with Gasteiger partial charge in [0.2, 0.25) is 0 Å². The predicted octanol–water partition coefficient (Wildman–Crippen LogP) is 0.620. The van der Waals surface area contributed by atoms with Crippen LogP contribution in [0.5, 0.6) is 0 Å². The second-order valence-electron chi connectivity index (χ2n) is 2.19. The minimum Gasteiger partial charge on any atom is -0.381 e. The molecule has 2 N–H and O–H groups in total. The Hall–Kier alpha value is -1.41. The summed E-state index contributed by atoms with van der Waals surface area (Å²) in [6, 6.07) is 1.87. The summed E-state index contributed by atoms with van der Waals surface area (Å²) in [5.41, 5.74) is 5.56. The fraction of sp³-hybridized carbons (Fsp3) is 0.143. The molecule has 5 heteroatoms. The number of nitrogens with two attached hydrogens (primary N) is 1. The molecule has 0 bridgehead atoms. The molecule has 1 heterocycles.